The van der Waals surface area contributed by atoms with Crippen LogP contribution in [0.5, 0.6) is 0 Å². The first-order valence-electron chi connectivity index (χ1n) is 7.70. The van der Waals surface area contributed by atoms with Crippen LogP contribution in [0, 0.1) is 6.92 Å². The van der Waals surface area contributed by atoms with Crippen molar-refractivity contribution in [1.29, 1.82) is 0 Å². The largest absolute Gasteiger partial charge is 0.416 e. The number of nitrogens with two attached hydrogens (primary N) is 1. The zero-order valence-electron chi connectivity index (χ0n) is 13.7. The van der Waals surface area contributed by atoms with Gasteiger partial charge in [-0.3, -0.25) is 4.79 Å². The number of nitrogens with one attached hydrogen (secondary N) is 1. The summed E-state index contributed by atoms with van der Waals surface area (Å²) in [5.74, 6) is -0.416. The molecule has 2 heterocycles. The third-order valence-electron chi connectivity index (χ3n) is 3.75. The predicted molar refractivity (Wildman–Crippen MR) is 96.5 cm³/mol. The topological polar surface area (TPSA) is 80.9 Å². The Kier molecular flexibility index (Phi) is 5.15. The number of nitrogen functional groups attached to an aromatic ring is 1. The van der Waals surface area contributed by atoms with Crippen molar-refractivity contribution in [3.8, 4) is 0 Å². The smallest absolute Gasteiger partial charge is 0.398 e. The molecule has 1 amide bonds. The third kappa shape index (κ3) is 3.96. The summed E-state index contributed by atoms with van der Waals surface area (Å²) in [5, 5.41) is 2.83. The molecule has 0 aliphatic carbocycles. The Bertz CT molecular complexity index is 949. The minimum absolute atomic E-state index is 0.0351. The minimum atomic E-state index is -4.51. The Hall–Kier alpha value is -2.20. The van der Waals surface area contributed by atoms with Crippen molar-refractivity contribution in [2.24, 2.45) is 0 Å². The Labute approximate surface area is 155 Å². The lowest BCUT2D eigenvalue weighted by Crippen LogP contribution is -2.24. The molecular formula is C16H15F3N4OS2. The Morgan fingerprint density at radius 1 is 1.35 bits per heavy atom. The van der Waals surface area contributed by atoms with Gasteiger partial charge in [0.05, 0.1) is 32.7 Å². The van der Waals surface area contributed by atoms with Gasteiger partial charge < -0.3 is 11.1 Å². The van der Waals surface area contributed by atoms with Crippen molar-refractivity contribution in [1.82, 2.24) is 15.3 Å². The molecule has 0 radical (unpaired) electrons. The molecule has 3 rings (SSSR count). The molecule has 0 bridgehead atoms. The average molecular weight is 400 g/mol. The van der Waals surface area contributed by atoms with Gasteiger partial charge in [-0.2, -0.15) is 13.2 Å². The number of alkyl halides is 3. The van der Waals surface area contributed by atoms with Crippen LogP contribution in [0.3, 0.4) is 0 Å². The molecule has 5 nitrogen and oxygen atoms in total. The van der Waals surface area contributed by atoms with Gasteiger partial charge in [0.25, 0.3) is 5.91 Å². The van der Waals surface area contributed by atoms with Crippen molar-refractivity contribution in [3.63, 3.8) is 0 Å². The molecule has 26 heavy (non-hydrogen) atoms. The molecule has 3 aromatic rings. The SMILES string of the molecule is Cc1ncsc1CCCNC(=O)c1nc2cc(C(F)(F)F)cc(N)c2s1. The second-order valence-electron chi connectivity index (χ2n) is 5.65. The summed E-state index contributed by atoms with van der Waals surface area (Å²) in [7, 11) is 0. The highest BCUT2D eigenvalue weighted by atomic mass is 32.1. The number of amides is 1. The van der Waals surface area contributed by atoms with E-state index in [4.69, 9.17) is 5.73 Å². The molecular weight excluding hydrogens is 385 g/mol. The number of carbonyl (C=O) groups is 1. The fraction of sp³-hybridized carbons (Fsp3) is 0.312. The van der Waals surface area contributed by atoms with Gasteiger partial charge >= 0.3 is 6.18 Å². The van der Waals surface area contributed by atoms with E-state index in [9.17, 15) is 18.0 Å². The van der Waals surface area contributed by atoms with Crippen molar-refractivity contribution >= 4 is 44.5 Å². The van der Waals surface area contributed by atoms with E-state index < -0.39 is 17.6 Å². The maximum Gasteiger partial charge on any atom is 0.416 e. The molecule has 0 saturated carbocycles. The van der Waals surface area contributed by atoms with E-state index in [-0.39, 0.29) is 16.2 Å². The number of aryl methyl sites for hydroxylation is 2. The number of carbonyl (C=O) groups excluding carboxylic acids is 1. The number of thiazole rings is 2. The van der Waals surface area contributed by atoms with E-state index in [0.717, 1.165) is 42.0 Å². The summed E-state index contributed by atoms with van der Waals surface area (Å²) in [4.78, 5) is 21.5. The number of aromatic nitrogens is 2. The number of nitrogens with zero attached hydrogens (tertiary/aromatic N) is 2. The van der Waals surface area contributed by atoms with E-state index in [1.807, 2.05) is 6.92 Å². The minimum Gasteiger partial charge on any atom is -0.398 e. The van der Waals surface area contributed by atoms with Crippen LogP contribution >= 0.6 is 22.7 Å². The average Bonchev–Trinajstić information content (AvgIpc) is 3.17. The van der Waals surface area contributed by atoms with E-state index in [0.29, 0.717) is 11.2 Å². The molecule has 138 valence electrons. The number of rotatable bonds is 5. The molecule has 0 saturated heterocycles. The summed E-state index contributed by atoms with van der Waals surface area (Å²) in [5.41, 5.74) is 7.63. The van der Waals surface area contributed by atoms with E-state index >= 15 is 0 Å². The van der Waals surface area contributed by atoms with Gasteiger partial charge in [0, 0.05) is 11.4 Å². The fourth-order valence-corrected chi connectivity index (χ4v) is 4.12. The normalized spacial score (nSPS) is 11.8. The lowest BCUT2D eigenvalue weighted by Gasteiger charge is -2.07. The van der Waals surface area contributed by atoms with Gasteiger partial charge in [-0.25, -0.2) is 9.97 Å². The number of benzene rings is 1. The van der Waals surface area contributed by atoms with Crippen molar-refractivity contribution in [2.45, 2.75) is 25.9 Å². The van der Waals surface area contributed by atoms with E-state index in [2.05, 4.69) is 15.3 Å². The molecule has 0 atom stereocenters. The summed E-state index contributed by atoms with van der Waals surface area (Å²) < 4.78 is 38.9. The van der Waals surface area contributed by atoms with Crippen LogP contribution in [0.2, 0.25) is 0 Å². The van der Waals surface area contributed by atoms with E-state index in [1.165, 1.54) is 4.88 Å². The van der Waals surface area contributed by atoms with Gasteiger partial charge in [-0.1, -0.05) is 0 Å². The van der Waals surface area contributed by atoms with Crippen LogP contribution in [0.15, 0.2) is 17.6 Å². The number of hydrogen-bond donors (Lipinski definition) is 2. The summed E-state index contributed by atoms with van der Waals surface area (Å²) >= 11 is 2.56. The highest BCUT2D eigenvalue weighted by molar-refractivity contribution is 7.20. The first kappa shape index (κ1) is 18.6. The van der Waals surface area contributed by atoms with Crippen molar-refractivity contribution < 1.29 is 18.0 Å². The highest BCUT2D eigenvalue weighted by Crippen LogP contribution is 2.36. The molecule has 3 N–H and O–H groups in total. The van der Waals surface area contributed by atoms with E-state index in [1.54, 1.807) is 16.8 Å². The number of hydrogen-bond acceptors (Lipinski definition) is 6. The van der Waals surface area contributed by atoms with Crippen molar-refractivity contribution in [2.75, 3.05) is 12.3 Å². The Morgan fingerprint density at radius 3 is 2.77 bits per heavy atom. The maximum atomic E-state index is 12.8. The number of halogens is 3. The van der Waals surface area contributed by atoms with Crippen LogP contribution < -0.4 is 11.1 Å². The zero-order valence-corrected chi connectivity index (χ0v) is 15.3. The Balaban J connectivity index is 1.66. The molecule has 0 fully saturated rings. The second-order valence-corrected chi connectivity index (χ2v) is 7.59. The fourth-order valence-electron chi connectivity index (χ4n) is 2.41. The predicted octanol–water partition coefficient (Wildman–Crippen LogP) is 4.02. The summed E-state index contributed by atoms with van der Waals surface area (Å²) in [6.07, 6.45) is -2.97. The van der Waals surface area contributed by atoms with Crippen LogP contribution in [0.25, 0.3) is 10.2 Å². The maximum absolute atomic E-state index is 12.8. The molecule has 10 heteroatoms. The van der Waals surface area contributed by atoms with Gasteiger partial charge in [-0.05, 0) is 31.9 Å². The lowest BCUT2D eigenvalue weighted by atomic mass is 10.2. The summed E-state index contributed by atoms with van der Waals surface area (Å²) in [6.45, 7) is 2.38. The first-order valence-corrected chi connectivity index (χ1v) is 9.39. The molecule has 0 spiro atoms. The molecule has 1 aromatic carbocycles. The second kappa shape index (κ2) is 7.20. The number of fused-ring (bicyclic) bond motifs is 1. The quantitative estimate of drug-likeness (QED) is 0.501. The first-order chi connectivity index (χ1) is 12.3. The number of anilines is 1. The molecule has 0 unspecified atom stereocenters. The van der Waals surface area contributed by atoms with Crippen molar-refractivity contribution in [3.05, 3.63) is 38.8 Å². The Morgan fingerprint density at radius 2 is 2.12 bits per heavy atom. The van der Waals surface area contributed by atoms with Crippen LogP contribution in [-0.2, 0) is 12.6 Å². The van der Waals surface area contributed by atoms with Gasteiger partial charge in [-0.15, -0.1) is 22.7 Å². The van der Waals surface area contributed by atoms with Crippen LogP contribution in [-0.4, -0.2) is 22.4 Å². The van der Waals surface area contributed by atoms with Crippen LogP contribution in [0.1, 0.15) is 32.4 Å². The van der Waals surface area contributed by atoms with Gasteiger partial charge in [0.15, 0.2) is 5.01 Å². The molecule has 2 aromatic heterocycles. The highest BCUT2D eigenvalue weighted by Gasteiger charge is 2.32. The standard InChI is InChI=1S/C16H15F3N4OS2/c1-8-12(25-7-22-8)3-2-4-21-14(24)15-23-11-6-9(16(17,18)19)5-10(20)13(11)26-15/h5-7H,2-4,20H2,1H3,(H,21,24). The lowest BCUT2D eigenvalue weighted by molar-refractivity contribution is -0.137. The monoisotopic (exact) mass is 400 g/mol. The third-order valence-corrected chi connectivity index (χ3v) is 5.87. The molecule has 0 aliphatic rings. The van der Waals surface area contributed by atoms with Crippen LogP contribution in [0.4, 0.5) is 18.9 Å². The van der Waals surface area contributed by atoms with Gasteiger partial charge in [0.2, 0.25) is 0 Å². The molecule has 0 aliphatic heterocycles. The van der Waals surface area contributed by atoms with Gasteiger partial charge in [0.1, 0.15) is 0 Å². The summed E-state index contributed by atoms with van der Waals surface area (Å²) in [6, 6.07) is 1.77. The zero-order chi connectivity index (χ0) is 18.9.